The minimum Gasteiger partial charge on any atom is -0.461 e. The van der Waals surface area contributed by atoms with E-state index in [-0.39, 0.29) is 12.1 Å². The van der Waals surface area contributed by atoms with Crippen LogP contribution in [0.25, 0.3) is 0 Å². The first kappa shape index (κ1) is 15.5. The molecule has 0 saturated carbocycles. The molecule has 3 nitrogen and oxygen atoms in total. The van der Waals surface area contributed by atoms with Crippen molar-refractivity contribution in [3.05, 3.63) is 0 Å². The summed E-state index contributed by atoms with van der Waals surface area (Å²) < 4.78 is 5.56. The first-order valence-corrected chi connectivity index (χ1v) is 7.01. The standard InChI is InChI=1S/C15H29NO2/c1-14(2,3)8-10-16-9-7-12(11-16)18-13(17)15(4,5)6/h12H,7-11H2,1-6H3. The van der Waals surface area contributed by atoms with Gasteiger partial charge in [-0.1, -0.05) is 20.8 Å². The lowest BCUT2D eigenvalue weighted by molar-refractivity contribution is -0.157. The molecule has 18 heavy (non-hydrogen) atoms. The van der Waals surface area contributed by atoms with Crippen LogP contribution < -0.4 is 0 Å². The third-order valence-electron chi connectivity index (χ3n) is 3.29. The van der Waals surface area contributed by atoms with Crippen LogP contribution in [0, 0.1) is 10.8 Å². The second kappa shape index (κ2) is 5.60. The average Bonchev–Trinajstić information content (AvgIpc) is 2.60. The van der Waals surface area contributed by atoms with Crippen LogP contribution >= 0.6 is 0 Å². The van der Waals surface area contributed by atoms with Crippen molar-refractivity contribution in [1.82, 2.24) is 4.90 Å². The Kier molecular flexibility index (Phi) is 4.82. The normalized spacial score (nSPS) is 22.2. The van der Waals surface area contributed by atoms with Crippen molar-refractivity contribution >= 4 is 5.97 Å². The van der Waals surface area contributed by atoms with Gasteiger partial charge in [0.1, 0.15) is 6.10 Å². The number of hydrogen-bond acceptors (Lipinski definition) is 3. The highest BCUT2D eigenvalue weighted by Crippen LogP contribution is 2.23. The molecule has 1 rings (SSSR count). The summed E-state index contributed by atoms with van der Waals surface area (Å²) >= 11 is 0. The number of likely N-dealkylation sites (tertiary alicyclic amines) is 1. The molecule has 0 aromatic rings. The second-order valence-electron chi connectivity index (χ2n) is 7.68. The van der Waals surface area contributed by atoms with E-state index in [1.54, 1.807) is 0 Å². The molecule has 1 fully saturated rings. The molecule has 1 saturated heterocycles. The summed E-state index contributed by atoms with van der Waals surface area (Å²) in [4.78, 5) is 14.2. The van der Waals surface area contributed by atoms with Gasteiger partial charge in [-0.05, 0) is 45.6 Å². The van der Waals surface area contributed by atoms with Crippen molar-refractivity contribution in [2.75, 3.05) is 19.6 Å². The van der Waals surface area contributed by atoms with Crippen LogP contribution in [0.3, 0.4) is 0 Å². The van der Waals surface area contributed by atoms with Crippen molar-refractivity contribution in [2.24, 2.45) is 10.8 Å². The topological polar surface area (TPSA) is 29.5 Å². The molecule has 3 heteroatoms. The molecular weight excluding hydrogens is 226 g/mol. The van der Waals surface area contributed by atoms with E-state index in [4.69, 9.17) is 4.74 Å². The largest absolute Gasteiger partial charge is 0.461 e. The Balaban J connectivity index is 2.32. The van der Waals surface area contributed by atoms with Crippen LogP contribution in [0.1, 0.15) is 54.4 Å². The smallest absolute Gasteiger partial charge is 0.311 e. The Morgan fingerprint density at radius 3 is 2.33 bits per heavy atom. The zero-order valence-corrected chi connectivity index (χ0v) is 12.9. The van der Waals surface area contributed by atoms with Crippen molar-refractivity contribution in [3.8, 4) is 0 Å². The third-order valence-corrected chi connectivity index (χ3v) is 3.29. The van der Waals surface area contributed by atoms with Crippen LogP contribution in [0.15, 0.2) is 0 Å². The minimum atomic E-state index is -0.390. The highest BCUT2D eigenvalue weighted by atomic mass is 16.5. The Labute approximate surface area is 112 Å². The molecule has 1 aliphatic rings. The van der Waals surface area contributed by atoms with Gasteiger partial charge in [-0.3, -0.25) is 9.69 Å². The summed E-state index contributed by atoms with van der Waals surface area (Å²) in [5.74, 6) is -0.0785. The molecule has 0 bridgehead atoms. The molecule has 106 valence electrons. The van der Waals surface area contributed by atoms with E-state index in [1.165, 1.54) is 6.42 Å². The van der Waals surface area contributed by atoms with Gasteiger partial charge >= 0.3 is 5.97 Å². The lowest BCUT2D eigenvalue weighted by atomic mass is 9.92. The van der Waals surface area contributed by atoms with E-state index in [0.29, 0.717) is 5.41 Å². The minimum absolute atomic E-state index is 0.0785. The Hall–Kier alpha value is -0.570. The Morgan fingerprint density at radius 1 is 1.22 bits per heavy atom. The summed E-state index contributed by atoms with van der Waals surface area (Å²) in [5, 5.41) is 0. The molecule has 1 unspecified atom stereocenters. The maximum Gasteiger partial charge on any atom is 0.311 e. The average molecular weight is 255 g/mol. The van der Waals surface area contributed by atoms with E-state index in [9.17, 15) is 4.79 Å². The SMILES string of the molecule is CC(C)(C)CCN1CCC(OC(=O)C(C)(C)C)C1. The summed E-state index contributed by atoms with van der Waals surface area (Å²) in [6.07, 6.45) is 2.26. The van der Waals surface area contributed by atoms with Gasteiger partial charge in [-0.2, -0.15) is 0 Å². The summed E-state index contributed by atoms with van der Waals surface area (Å²) in [7, 11) is 0. The number of carbonyl (C=O) groups is 1. The summed E-state index contributed by atoms with van der Waals surface area (Å²) in [6, 6.07) is 0. The zero-order chi connectivity index (χ0) is 14.0. The molecule has 0 aromatic carbocycles. The summed E-state index contributed by atoms with van der Waals surface area (Å²) in [6.45, 7) is 15.6. The lowest BCUT2D eigenvalue weighted by Gasteiger charge is -2.24. The van der Waals surface area contributed by atoms with Crippen LogP contribution in [-0.2, 0) is 9.53 Å². The van der Waals surface area contributed by atoms with Crippen LogP contribution in [0.5, 0.6) is 0 Å². The number of hydrogen-bond donors (Lipinski definition) is 0. The van der Waals surface area contributed by atoms with Crippen molar-refractivity contribution in [2.45, 2.75) is 60.5 Å². The molecule has 0 aromatic heterocycles. The van der Waals surface area contributed by atoms with Gasteiger partial charge < -0.3 is 4.74 Å². The number of carbonyl (C=O) groups excluding carboxylic acids is 1. The van der Waals surface area contributed by atoms with Gasteiger partial charge in [0, 0.05) is 13.1 Å². The van der Waals surface area contributed by atoms with E-state index in [2.05, 4.69) is 25.7 Å². The molecule has 0 spiro atoms. The van der Waals surface area contributed by atoms with Gasteiger partial charge in [-0.25, -0.2) is 0 Å². The third kappa shape index (κ3) is 5.38. The quantitative estimate of drug-likeness (QED) is 0.726. The predicted molar refractivity (Wildman–Crippen MR) is 74.5 cm³/mol. The van der Waals surface area contributed by atoms with E-state index in [1.807, 2.05) is 20.8 Å². The maximum atomic E-state index is 11.8. The molecule has 0 amide bonds. The fraction of sp³-hybridized carbons (Fsp3) is 0.933. The fourth-order valence-corrected chi connectivity index (χ4v) is 1.92. The maximum absolute atomic E-state index is 11.8. The van der Waals surface area contributed by atoms with Gasteiger partial charge in [-0.15, -0.1) is 0 Å². The first-order valence-electron chi connectivity index (χ1n) is 7.01. The van der Waals surface area contributed by atoms with Crippen molar-refractivity contribution < 1.29 is 9.53 Å². The molecule has 0 N–H and O–H groups in total. The molecule has 0 radical (unpaired) electrons. The highest BCUT2D eigenvalue weighted by Gasteiger charge is 2.30. The number of rotatable bonds is 3. The molecule has 0 aliphatic carbocycles. The van der Waals surface area contributed by atoms with Crippen LogP contribution in [-0.4, -0.2) is 36.6 Å². The van der Waals surface area contributed by atoms with Crippen molar-refractivity contribution in [1.29, 1.82) is 0 Å². The predicted octanol–water partition coefficient (Wildman–Crippen LogP) is 3.09. The monoisotopic (exact) mass is 255 g/mol. The number of ether oxygens (including phenoxy) is 1. The van der Waals surface area contributed by atoms with Crippen LogP contribution in [0.2, 0.25) is 0 Å². The van der Waals surface area contributed by atoms with Gasteiger partial charge in [0.25, 0.3) is 0 Å². The summed E-state index contributed by atoms with van der Waals surface area (Å²) in [5.41, 5.74) is -0.0149. The number of esters is 1. The Morgan fingerprint density at radius 2 is 1.83 bits per heavy atom. The first-order chi connectivity index (χ1) is 8.08. The van der Waals surface area contributed by atoms with Crippen molar-refractivity contribution in [3.63, 3.8) is 0 Å². The van der Waals surface area contributed by atoms with Gasteiger partial charge in [0.15, 0.2) is 0 Å². The molecule has 1 heterocycles. The second-order valence-corrected chi connectivity index (χ2v) is 7.68. The van der Waals surface area contributed by atoms with E-state index < -0.39 is 5.41 Å². The molecular formula is C15H29NO2. The van der Waals surface area contributed by atoms with Gasteiger partial charge in [0.2, 0.25) is 0 Å². The highest BCUT2D eigenvalue weighted by molar-refractivity contribution is 5.75. The lowest BCUT2D eigenvalue weighted by Crippen LogP contribution is -2.31. The number of nitrogens with zero attached hydrogens (tertiary/aromatic N) is 1. The van der Waals surface area contributed by atoms with E-state index >= 15 is 0 Å². The fourth-order valence-electron chi connectivity index (χ4n) is 1.92. The molecule has 1 aliphatic heterocycles. The Bertz CT molecular complexity index is 286. The van der Waals surface area contributed by atoms with Gasteiger partial charge in [0.05, 0.1) is 5.41 Å². The zero-order valence-electron chi connectivity index (χ0n) is 12.9. The molecule has 1 atom stereocenters. The van der Waals surface area contributed by atoms with E-state index in [0.717, 1.165) is 26.1 Å². The van der Waals surface area contributed by atoms with Crippen LogP contribution in [0.4, 0.5) is 0 Å².